The molecule has 0 atom stereocenters. The van der Waals surface area contributed by atoms with Gasteiger partial charge in [0.15, 0.2) is 4.32 Å². The monoisotopic (exact) mass is 375 g/mol. The van der Waals surface area contributed by atoms with Crippen LogP contribution in [0.15, 0.2) is 29.4 Å². The summed E-state index contributed by atoms with van der Waals surface area (Å²) in [6.45, 7) is 1.49. The molecule has 1 aliphatic heterocycles. The lowest BCUT2D eigenvalue weighted by atomic mass is 10.2. The van der Waals surface area contributed by atoms with Gasteiger partial charge in [0.25, 0.3) is 5.91 Å². The molecule has 1 aromatic carbocycles. The van der Waals surface area contributed by atoms with Gasteiger partial charge in [-0.15, -0.1) is 23.2 Å². The van der Waals surface area contributed by atoms with Crippen molar-refractivity contribution in [2.75, 3.05) is 35.5 Å². The number of hydrogen-bond donors (Lipinski definition) is 0. The van der Waals surface area contributed by atoms with E-state index in [4.69, 9.17) is 35.4 Å². The molecule has 8 heteroatoms. The van der Waals surface area contributed by atoms with Gasteiger partial charge in [-0.1, -0.05) is 36.1 Å². The summed E-state index contributed by atoms with van der Waals surface area (Å²) >= 11 is 18.0. The molecule has 1 amide bonds. The van der Waals surface area contributed by atoms with E-state index in [1.54, 1.807) is 6.21 Å². The maximum Gasteiger partial charge on any atom is 0.259 e. The molecule has 4 nitrogen and oxygen atoms in total. The molecule has 1 aliphatic rings. The van der Waals surface area contributed by atoms with Gasteiger partial charge in [0.1, 0.15) is 0 Å². The number of thioether (sulfide) groups is 1. The standard InChI is InChI=1S/C14H15Cl2N3OS2/c15-5-7-18(8-6-16)12-3-1-11(2-4-12)9-17-19-13(20)10-22-14(19)21/h1-4,9H,5-8,10H2. The summed E-state index contributed by atoms with van der Waals surface area (Å²) in [5, 5.41) is 5.41. The quantitative estimate of drug-likeness (QED) is 0.416. The maximum atomic E-state index is 11.6. The molecule has 0 bridgehead atoms. The molecule has 118 valence electrons. The van der Waals surface area contributed by atoms with E-state index in [1.165, 1.54) is 16.8 Å². The Labute approximate surface area is 149 Å². The number of anilines is 1. The van der Waals surface area contributed by atoms with E-state index < -0.39 is 0 Å². The van der Waals surface area contributed by atoms with Gasteiger partial charge < -0.3 is 4.90 Å². The van der Waals surface area contributed by atoms with Crippen molar-refractivity contribution in [3.63, 3.8) is 0 Å². The van der Waals surface area contributed by atoms with Crippen molar-refractivity contribution in [1.29, 1.82) is 0 Å². The Morgan fingerprint density at radius 3 is 2.41 bits per heavy atom. The molecule has 1 saturated heterocycles. The second-order valence-electron chi connectivity index (χ2n) is 4.46. The van der Waals surface area contributed by atoms with E-state index in [-0.39, 0.29) is 5.91 Å². The Morgan fingerprint density at radius 2 is 1.91 bits per heavy atom. The average molecular weight is 376 g/mol. The van der Waals surface area contributed by atoms with Crippen LogP contribution < -0.4 is 4.90 Å². The molecule has 0 aromatic heterocycles. The predicted molar refractivity (Wildman–Crippen MR) is 99.6 cm³/mol. The lowest BCUT2D eigenvalue weighted by Crippen LogP contribution is -2.27. The van der Waals surface area contributed by atoms with Crippen LogP contribution in [0.25, 0.3) is 0 Å². The first kappa shape index (κ1) is 17.5. The zero-order valence-electron chi connectivity index (χ0n) is 11.7. The van der Waals surface area contributed by atoms with Crippen LogP contribution in [0.3, 0.4) is 0 Å². The van der Waals surface area contributed by atoms with E-state index in [1.807, 2.05) is 24.3 Å². The number of amides is 1. The highest BCUT2D eigenvalue weighted by atomic mass is 35.5. The normalized spacial score (nSPS) is 15.1. The molecule has 0 aliphatic carbocycles. The fourth-order valence-electron chi connectivity index (χ4n) is 1.93. The highest BCUT2D eigenvalue weighted by Gasteiger charge is 2.25. The predicted octanol–water partition coefficient (Wildman–Crippen LogP) is 3.16. The van der Waals surface area contributed by atoms with Crippen molar-refractivity contribution in [3.8, 4) is 0 Å². The number of nitrogens with zero attached hydrogens (tertiary/aromatic N) is 3. The van der Waals surface area contributed by atoms with E-state index in [9.17, 15) is 4.79 Å². The lowest BCUT2D eigenvalue weighted by Gasteiger charge is -2.22. The first-order valence-corrected chi connectivity index (χ1v) is 9.12. The molecule has 0 saturated carbocycles. The number of benzene rings is 1. The van der Waals surface area contributed by atoms with Gasteiger partial charge in [-0.05, 0) is 17.7 Å². The number of carbonyl (C=O) groups excluding carboxylic acids is 1. The van der Waals surface area contributed by atoms with Gasteiger partial charge in [0, 0.05) is 30.5 Å². The summed E-state index contributed by atoms with van der Waals surface area (Å²) < 4.78 is 0.494. The van der Waals surface area contributed by atoms with E-state index in [0.29, 0.717) is 21.8 Å². The number of hydrazone groups is 1. The zero-order chi connectivity index (χ0) is 15.9. The number of halogens is 2. The number of rotatable bonds is 7. The van der Waals surface area contributed by atoms with Crippen molar-refractivity contribution in [2.24, 2.45) is 5.10 Å². The fourth-order valence-corrected chi connectivity index (χ4v) is 3.30. The first-order valence-electron chi connectivity index (χ1n) is 6.66. The summed E-state index contributed by atoms with van der Waals surface area (Å²) in [6, 6.07) is 7.84. The molecular formula is C14H15Cl2N3OS2. The van der Waals surface area contributed by atoms with Crippen molar-refractivity contribution in [3.05, 3.63) is 29.8 Å². The average Bonchev–Trinajstić information content (AvgIpc) is 2.84. The van der Waals surface area contributed by atoms with Crippen LogP contribution in [-0.2, 0) is 4.79 Å². The zero-order valence-corrected chi connectivity index (χ0v) is 14.9. The van der Waals surface area contributed by atoms with E-state index in [0.717, 1.165) is 24.3 Å². The molecule has 0 N–H and O–H groups in total. The summed E-state index contributed by atoms with van der Waals surface area (Å²) in [4.78, 5) is 13.7. The van der Waals surface area contributed by atoms with Crippen molar-refractivity contribution >= 4 is 69.3 Å². The Kier molecular flexibility index (Phi) is 6.95. The molecule has 2 rings (SSSR count). The van der Waals surface area contributed by atoms with E-state index >= 15 is 0 Å². The Balaban J connectivity index is 2.05. The summed E-state index contributed by atoms with van der Waals surface area (Å²) in [7, 11) is 0. The first-order chi connectivity index (χ1) is 10.7. The van der Waals surface area contributed by atoms with Crippen LogP contribution in [0, 0.1) is 0 Å². The maximum absolute atomic E-state index is 11.6. The molecule has 22 heavy (non-hydrogen) atoms. The number of carbonyl (C=O) groups is 1. The fraction of sp³-hybridized carbons (Fsp3) is 0.357. The number of alkyl halides is 2. The third kappa shape index (κ3) is 4.59. The van der Waals surface area contributed by atoms with Gasteiger partial charge in [-0.3, -0.25) is 4.79 Å². The highest BCUT2D eigenvalue weighted by molar-refractivity contribution is 8.23. The molecular weight excluding hydrogens is 361 g/mol. The highest BCUT2D eigenvalue weighted by Crippen LogP contribution is 2.20. The lowest BCUT2D eigenvalue weighted by molar-refractivity contribution is -0.123. The van der Waals surface area contributed by atoms with Crippen molar-refractivity contribution in [1.82, 2.24) is 5.01 Å². The smallest absolute Gasteiger partial charge is 0.259 e. The molecule has 0 spiro atoms. The molecule has 1 aromatic rings. The molecule has 0 unspecified atom stereocenters. The SMILES string of the molecule is O=C1CSC(=S)N1N=Cc1ccc(N(CCCl)CCCl)cc1. The second-order valence-corrected chi connectivity index (χ2v) is 6.83. The van der Waals surface area contributed by atoms with Crippen LogP contribution >= 0.6 is 47.2 Å². The molecule has 0 radical (unpaired) electrons. The number of thiocarbonyl (C=S) groups is 1. The molecule has 1 heterocycles. The van der Waals surface area contributed by atoms with Gasteiger partial charge in [0.05, 0.1) is 12.0 Å². The van der Waals surface area contributed by atoms with Gasteiger partial charge in [-0.2, -0.15) is 10.1 Å². The van der Waals surface area contributed by atoms with Crippen LogP contribution in [0.2, 0.25) is 0 Å². The van der Waals surface area contributed by atoms with Gasteiger partial charge in [-0.25, -0.2) is 0 Å². The topological polar surface area (TPSA) is 35.9 Å². The number of hydrogen-bond acceptors (Lipinski definition) is 5. The Morgan fingerprint density at radius 1 is 1.27 bits per heavy atom. The van der Waals surface area contributed by atoms with Gasteiger partial charge in [0.2, 0.25) is 0 Å². The van der Waals surface area contributed by atoms with Gasteiger partial charge >= 0.3 is 0 Å². The van der Waals surface area contributed by atoms with Crippen LogP contribution in [0.5, 0.6) is 0 Å². The third-order valence-corrected chi connectivity index (χ3v) is 4.69. The minimum atomic E-state index is -0.0849. The van der Waals surface area contributed by atoms with Crippen molar-refractivity contribution < 1.29 is 4.79 Å². The minimum Gasteiger partial charge on any atom is -0.369 e. The summed E-state index contributed by atoms with van der Waals surface area (Å²) in [5.41, 5.74) is 1.95. The second kappa shape index (κ2) is 8.72. The Hall–Kier alpha value is -0.820. The van der Waals surface area contributed by atoms with E-state index in [2.05, 4.69) is 10.0 Å². The van der Waals surface area contributed by atoms with Crippen LogP contribution in [0.4, 0.5) is 5.69 Å². The van der Waals surface area contributed by atoms with Crippen LogP contribution in [0.1, 0.15) is 5.56 Å². The summed E-state index contributed by atoms with van der Waals surface area (Å²) in [5.74, 6) is 1.37. The van der Waals surface area contributed by atoms with Crippen molar-refractivity contribution in [2.45, 2.75) is 0 Å². The molecule has 1 fully saturated rings. The minimum absolute atomic E-state index is 0.0849. The summed E-state index contributed by atoms with van der Waals surface area (Å²) in [6.07, 6.45) is 1.63. The largest absolute Gasteiger partial charge is 0.369 e. The Bertz CT molecular complexity index is 544. The van der Waals surface area contributed by atoms with Crippen LogP contribution in [-0.4, -0.2) is 52.1 Å². The third-order valence-electron chi connectivity index (χ3n) is 3.02.